The van der Waals surface area contributed by atoms with Crippen LogP contribution in [0.4, 0.5) is 0 Å². The third kappa shape index (κ3) is 3.81. The average Bonchev–Trinajstić information content (AvgIpc) is 3.02. The Labute approximate surface area is 173 Å². The largest absolute Gasteiger partial charge is 0.327 e. The van der Waals surface area contributed by atoms with Crippen LogP contribution in [0.15, 0.2) is 34.7 Å². The molecule has 3 atom stereocenters. The third-order valence-corrected chi connectivity index (χ3v) is 8.75. The molecular formula is C20H32N4O2S2. The first-order valence-corrected chi connectivity index (χ1v) is 13.1. The van der Waals surface area contributed by atoms with E-state index in [-0.39, 0.29) is 10.8 Å². The number of hydrogen-bond donors (Lipinski definition) is 3. The molecule has 1 saturated heterocycles. The molecule has 1 saturated carbocycles. The molecule has 1 aliphatic carbocycles. The summed E-state index contributed by atoms with van der Waals surface area (Å²) >= 11 is 1.95. The van der Waals surface area contributed by atoms with Gasteiger partial charge in [0.05, 0.1) is 17.3 Å². The normalized spacial score (nSPS) is 31.8. The third-order valence-electron chi connectivity index (χ3n) is 6.49. The fourth-order valence-corrected chi connectivity index (χ4v) is 7.69. The van der Waals surface area contributed by atoms with Crippen LogP contribution in [0.5, 0.6) is 0 Å². The summed E-state index contributed by atoms with van der Waals surface area (Å²) in [4.78, 5) is 3.89. The second-order valence-corrected chi connectivity index (χ2v) is 11.6. The summed E-state index contributed by atoms with van der Waals surface area (Å²) in [7, 11) is -3.35. The van der Waals surface area contributed by atoms with Crippen LogP contribution in [0.1, 0.15) is 58.3 Å². The van der Waals surface area contributed by atoms with Gasteiger partial charge in [0.15, 0.2) is 0 Å². The zero-order chi connectivity index (χ0) is 20.0. The monoisotopic (exact) mass is 424 g/mol. The van der Waals surface area contributed by atoms with E-state index >= 15 is 0 Å². The first-order chi connectivity index (χ1) is 13.2. The van der Waals surface area contributed by atoms with Crippen LogP contribution in [-0.4, -0.2) is 37.2 Å². The van der Waals surface area contributed by atoms with Gasteiger partial charge in [0, 0.05) is 35.0 Å². The van der Waals surface area contributed by atoms with E-state index in [4.69, 9.17) is 5.73 Å². The number of nitrogens with two attached hydrogens (primary N) is 1. The highest BCUT2D eigenvalue weighted by Gasteiger charge is 2.51. The van der Waals surface area contributed by atoms with Gasteiger partial charge >= 0.3 is 0 Å². The van der Waals surface area contributed by atoms with Crippen LogP contribution >= 0.6 is 11.8 Å². The molecule has 1 spiro atoms. The summed E-state index contributed by atoms with van der Waals surface area (Å²) < 4.78 is 26.0. The zero-order valence-electron chi connectivity index (χ0n) is 16.8. The van der Waals surface area contributed by atoms with Crippen molar-refractivity contribution in [3.63, 3.8) is 0 Å². The molecule has 8 heteroatoms. The first-order valence-electron chi connectivity index (χ1n) is 10.3. The van der Waals surface area contributed by atoms with Crippen LogP contribution in [0.3, 0.4) is 0 Å². The number of sulfonamides is 1. The van der Waals surface area contributed by atoms with Gasteiger partial charge in [0.2, 0.25) is 10.0 Å². The maximum atomic E-state index is 11.7. The van der Waals surface area contributed by atoms with E-state index in [2.05, 4.69) is 33.4 Å². The van der Waals surface area contributed by atoms with Crippen LogP contribution in [-0.2, 0) is 10.0 Å². The van der Waals surface area contributed by atoms with Gasteiger partial charge in [-0.05, 0) is 50.5 Å². The minimum absolute atomic E-state index is 0.186. The van der Waals surface area contributed by atoms with Gasteiger partial charge in [0.1, 0.15) is 0 Å². The van der Waals surface area contributed by atoms with Gasteiger partial charge in [-0.15, -0.1) is 11.8 Å². The van der Waals surface area contributed by atoms with E-state index in [1.165, 1.54) is 37.6 Å². The SMILES string of the molecule is CCC(N)(CN[C@H]1CC23CCCCC2=CN2C=CCCC2=C3S1)NS(C)(=O)=O. The van der Waals surface area contributed by atoms with E-state index in [1.807, 2.05) is 18.7 Å². The number of fused-ring (bicyclic) bond motifs is 1. The molecule has 2 unspecified atom stereocenters. The number of nitrogens with one attached hydrogen (secondary N) is 2. The maximum Gasteiger partial charge on any atom is 0.210 e. The van der Waals surface area contributed by atoms with Gasteiger partial charge in [-0.3, -0.25) is 0 Å². The summed E-state index contributed by atoms with van der Waals surface area (Å²) in [6, 6.07) is 0. The second kappa shape index (κ2) is 7.47. The highest BCUT2D eigenvalue weighted by molar-refractivity contribution is 8.04. The van der Waals surface area contributed by atoms with Gasteiger partial charge in [-0.2, -0.15) is 4.72 Å². The minimum atomic E-state index is -3.35. The molecule has 3 heterocycles. The smallest absolute Gasteiger partial charge is 0.210 e. The lowest BCUT2D eigenvalue weighted by Crippen LogP contribution is -2.61. The molecule has 2 fully saturated rings. The average molecular weight is 425 g/mol. The highest BCUT2D eigenvalue weighted by atomic mass is 32.2. The first kappa shape index (κ1) is 20.5. The molecule has 0 aromatic heterocycles. The Balaban J connectivity index is 1.55. The quantitative estimate of drug-likeness (QED) is 0.568. The lowest BCUT2D eigenvalue weighted by atomic mass is 9.66. The van der Waals surface area contributed by atoms with Crippen molar-refractivity contribution in [2.45, 2.75) is 69.3 Å². The minimum Gasteiger partial charge on any atom is -0.327 e. The van der Waals surface area contributed by atoms with Gasteiger partial charge in [-0.25, -0.2) is 8.42 Å². The number of rotatable bonds is 6. The number of allylic oxidation sites excluding steroid dienone is 4. The molecule has 0 aromatic rings. The zero-order valence-corrected chi connectivity index (χ0v) is 18.5. The van der Waals surface area contributed by atoms with Crippen molar-refractivity contribution < 1.29 is 8.42 Å². The molecule has 4 rings (SSSR count). The van der Waals surface area contributed by atoms with Crippen molar-refractivity contribution in [2.75, 3.05) is 12.8 Å². The molecule has 28 heavy (non-hydrogen) atoms. The summed E-state index contributed by atoms with van der Waals surface area (Å²) in [6.45, 7) is 2.34. The topological polar surface area (TPSA) is 87.5 Å². The van der Waals surface area contributed by atoms with Crippen molar-refractivity contribution >= 4 is 21.8 Å². The maximum absolute atomic E-state index is 11.7. The Morgan fingerprint density at radius 3 is 2.96 bits per heavy atom. The van der Waals surface area contributed by atoms with E-state index in [9.17, 15) is 8.42 Å². The summed E-state index contributed by atoms with van der Waals surface area (Å²) in [5.74, 6) is 0. The standard InChI is InChI=1S/C20H32N4O2S2/c1-3-20(21,23-28(2,25)26)14-22-17-12-19-10-6-4-8-15(19)13-24-11-7-5-9-16(24)18(19)27-17/h7,11,13,17,22-23H,3-6,8-10,12,14,21H2,1-2H3/t17-,19?,20?/m1/s1. The lowest BCUT2D eigenvalue weighted by Gasteiger charge is -2.44. The van der Waals surface area contributed by atoms with Crippen molar-refractivity contribution in [3.8, 4) is 0 Å². The van der Waals surface area contributed by atoms with E-state index in [0.29, 0.717) is 13.0 Å². The molecule has 0 radical (unpaired) electrons. The predicted molar refractivity (Wildman–Crippen MR) is 115 cm³/mol. The highest BCUT2D eigenvalue weighted by Crippen LogP contribution is 2.63. The molecule has 0 bridgehead atoms. The molecule has 4 aliphatic rings. The Bertz CT molecular complexity index is 835. The number of nitrogens with zero attached hydrogens (tertiary/aromatic N) is 1. The van der Waals surface area contributed by atoms with Crippen LogP contribution < -0.4 is 15.8 Å². The van der Waals surface area contributed by atoms with Crippen LogP contribution in [0, 0.1) is 5.41 Å². The molecule has 0 aromatic carbocycles. The summed E-state index contributed by atoms with van der Waals surface area (Å²) in [6.07, 6.45) is 16.8. The van der Waals surface area contributed by atoms with E-state index in [0.717, 1.165) is 19.3 Å². The molecule has 4 N–H and O–H groups in total. The number of hydrogen-bond acceptors (Lipinski definition) is 6. The Hall–Kier alpha value is -0.800. The molecule has 3 aliphatic heterocycles. The second-order valence-electron chi connectivity index (χ2n) is 8.63. The Morgan fingerprint density at radius 1 is 1.39 bits per heavy atom. The predicted octanol–water partition coefficient (Wildman–Crippen LogP) is 2.93. The van der Waals surface area contributed by atoms with Crippen molar-refractivity contribution in [2.24, 2.45) is 11.1 Å². The molecule has 156 valence electrons. The van der Waals surface area contributed by atoms with E-state index in [1.54, 1.807) is 10.5 Å². The number of thioether (sulfide) groups is 1. The van der Waals surface area contributed by atoms with Gasteiger partial charge in [0.25, 0.3) is 0 Å². The molecule has 6 nitrogen and oxygen atoms in total. The summed E-state index contributed by atoms with van der Waals surface area (Å²) in [5, 5.41) is 3.84. The summed E-state index contributed by atoms with van der Waals surface area (Å²) in [5.41, 5.74) is 8.61. The Morgan fingerprint density at radius 2 is 2.21 bits per heavy atom. The van der Waals surface area contributed by atoms with Crippen molar-refractivity contribution in [1.82, 2.24) is 14.9 Å². The van der Waals surface area contributed by atoms with E-state index < -0.39 is 15.7 Å². The molecule has 0 amide bonds. The Kier molecular flexibility index (Phi) is 5.46. The lowest BCUT2D eigenvalue weighted by molar-refractivity contribution is 0.283. The molecular weight excluding hydrogens is 392 g/mol. The van der Waals surface area contributed by atoms with Gasteiger partial charge in [-0.1, -0.05) is 19.4 Å². The van der Waals surface area contributed by atoms with Crippen molar-refractivity contribution in [3.05, 3.63) is 34.7 Å². The fourth-order valence-electron chi connectivity index (χ4n) is 5.03. The fraction of sp³-hybridized carbons (Fsp3) is 0.700. The van der Waals surface area contributed by atoms with Gasteiger partial charge < -0.3 is 16.0 Å². The van der Waals surface area contributed by atoms with Crippen molar-refractivity contribution in [1.29, 1.82) is 0 Å². The van der Waals surface area contributed by atoms with Crippen LogP contribution in [0.2, 0.25) is 0 Å². The van der Waals surface area contributed by atoms with Crippen LogP contribution in [0.25, 0.3) is 0 Å².